The van der Waals surface area contributed by atoms with Crippen molar-refractivity contribution in [2.45, 2.75) is 32.9 Å². The molecule has 1 aliphatic rings. The van der Waals surface area contributed by atoms with Crippen LogP contribution in [0.1, 0.15) is 25.3 Å². The van der Waals surface area contributed by atoms with E-state index >= 15 is 0 Å². The summed E-state index contributed by atoms with van der Waals surface area (Å²) in [5.74, 6) is 2.34. The summed E-state index contributed by atoms with van der Waals surface area (Å²) in [4.78, 5) is 23.6. The van der Waals surface area contributed by atoms with E-state index in [1.807, 2.05) is 24.3 Å². The predicted octanol–water partition coefficient (Wildman–Crippen LogP) is 2.39. The number of nitrogens with zero attached hydrogens (tertiary/aromatic N) is 5. The Morgan fingerprint density at radius 3 is 2.69 bits per heavy atom. The number of nitrogens with one attached hydrogen (secondary N) is 1. The molecule has 29 heavy (non-hydrogen) atoms. The first-order chi connectivity index (χ1) is 14.1. The lowest BCUT2D eigenvalue weighted by molar-refractivity contribution is -0.121. The Morgan fingerprint density at radius 2 is 1.97 bits per heavy atom. The number of carbonyl (C=O) groups is 1. The Hall–Kier alpha value is -3.16. The summed E-state index contributed by atoms with van der Waals surface area (Å²) in [6.45, 7) is 4.83. The van der Waals surface area contributed by atoms with E-state index in [9.17, 15) is 4.79 Å². The number of methoxy groups -OCH3 is 1. The van der Waals surface area contributed by atoms with Crippen LogP contribution >= 0.6 is 0 Å². The predicted molar refractivity (Wildman–Crippen MR) is 111 cm³/mol. The first-order valence-electron chi connectivity index (χ1n) is 9.95. The number of benzene rings is 1. The van der Waals surface area contributed by atoms with Crippen molar-refractivity contribution in [1.82, 2.24) is 25.1 Å². The maximum atomic E-state index is 12.4. The van der Waals surface area contributed by atoms with Crippen LogP contribution < -0.4 is 15.0 Å². The molecule has 0 aliphatic carbocycles. The minimum absolute atomic E-state index is 0.113. The van der Waals surface area contributed by atoms with Crippen LogP contribution in [-0.2, 0) is 17.9 Å². The van der Waals surface area contributed by atoms with Gasteiger partial charge in [-0.3, -0.25) is 4.79 Å². The third kappa shape index (κ3) is 4.31. The largest absolute Gasteiger partial charge is 0.497 e. The van der Waals surface area contributed by atoms with Crippen molar-refractivity contribution in [3.05, 3.63) is 42.4 Å². The lowest BCUT2D eigenvalue weighted by Crippen LogP contribution is -2.33. The average Bonchev–Trinajstić information content (AvgIpc) is 3.16. The number of carbonyl (C=O) groups excluding carboxylic acids is 1. The van der Waals surface area contributed by atoms with Gasteiger partial charge < -0.3 is 15.0 Å². The fourth-order valence-corrected chi connectivity index (χ4v) is 3.60. The highest BCUT2D eigenvalue weighted by Gasteiger charge is 2.21. The van der Waals surface area contributed by atoms with Gasteiger partial charge in [-0.05, 0) is 36.5 Å². The third-order valence-electron chi connectivity index (χ3n) is 5.44. The number of fused-ring (bicyclic) bond motifs is 1. The Bertz CT molecular complexity index is 977. The van der Waals surface area contributed by atoms with Crippen molar-refractivity contribution in [3.8, 4) is 5.75 Å². The van der Waals surface area contributed by atoms with Crippen molar-refractivity contribution in [3.63, 3.8) is 0 Å². The zero-order valence-electron chi connectivity index (χ0n) is 16.8. The van der Waals surface area contributed by atoms with Crippen LogP contribution in [0.5, 0.6) is 5.75 Å². The summed E-state index contributed by atoms with van der Waals surface area (Å²) >= 11 is 0. The molecule has 1 amide bonds. The van der Waals surface area contributed by atoms with Crippen molar-refractivity contribution < 1.29 is 9.53 Å². The number of rotatable bonds is 6. The fourth-order valence-electron chi connectivity index (χ4n) is 3.60. The van der Waals surface area contributed by atoms with Gasteiger partial charge in [0.05, 0.1) is 18.7 Å². The molecular weight excluding hydrogens is 368 g/mol. The monoisotopic (exact) mass is 394 g/mol. The van der Waals surface area contributed by atoms with E-state index in [-0.39, 0.29) is 12.5 Å². The zero-order valence-corrected chi connectivity index (χ0v) is 16.8. The summed E-state index contributed by atoms with van der Waals surface area (Å²) in [5, 5.41) is 8.21. The summed E-state index contributed by atoms with van der Waals surface area (Å²) in [5.41, 5.74) is 1.70. The van der Waals surface area contributed by atoms with Crippen LogP contribution in [-0.4, -0.2) is 45.9 Å². The van der Waals surface area contributed by atoms with Gasteiger partial charge >= 0.3 is 0 Å². The molecule has 2 aromatic heterocycles. The molecule has 1 N–H and O–H groups in total. The van der Waals surface area contributed by atoms with E-state index in [4.69, 9.17) is 4.74 Å². The summed E-state index contributed by atoms with van der Waals surface area (Å²) in [6, 6.07) is 7.62. The molecule has 1 fully saturated rings. The number of piperidine rings is 1. The van der Waals surface area contributed by atoms with Gasteiger partial charge in [-0.1, -0.05) is 19.1 Å². The molecule has 1 aromatic carbocycles. The second kappa shape index (κ2) is 8.46. The third-order valence-corrected chi connectivity index (χ3v) is 5.44. The van der Waals surface area contributed by atoms with Crippen molar-refractivity contribution >= 4 is 22.8 Å². The molecule has 3 heterocycles. The lowest BCUT2D eigenvalue weighted by Gasteiger charge is -2.31. The minimum Gasteiger partial charge on any atom is -0.497 e. The standard InChI is InChI=1S/C21H26N6O2/c1-15-7-9-26(10-8-15)20-18-12-25-27(21(18)24-14-23-20)13-19(28)22-11-16-3-5-17(29-2)6-4-16/h3-6,12,14-15H,7-11,13H2,1-2H3,(H,22,28). The molecule has 0 radical (unpaired) electrons. The molecule has 152 valence electrons. The van der Waals surface area contributed by atoms with Crippen LogP contribution in [0.3, 0.4) is 0 Å². The van der Waals surface area contributed by atoms with Gasteiger partial charge in [-0.15, -0.1) is 0 Å². The highest BCUT2D eigenvalue weighted by Crippen LogP contribution is 2.27. The molecule has 0 atom stereocenters. The quantitative estimate of drug-likeness (QED) is 0.691. The topological polar surface area (TPSA) is 85.2 Å². The van der Waals surface area contributed by atoms with E-state index in [2.05, 4.69) is 32.2 Å². The second-order valence-corrected chi connectivity index (χ2v) is 7.53. The number of hydrogen-bond donors (Lipinski definition) is 1. The highest BCUT2D eigenvalue weighted by atomic mass is 16.5. The number of anilines is 1. The molecule has 0 unspecified atom stereocenters. The molecule has 1 aliphatic heterocycles. The smallest absolute Gasteiger partial charge is 0.242 e. The Balaban J connectivity index is 1.42. The first-order valence-corrected chi connectivity index (χ1v) is 9.95. The molecule has 0 spiro atoms. The SMILES string of the molecule is COc1ccc(CNC(=O)Cn2ncc3c(N4CCC(C)CC4)ncnc32)cc1. The van der Waals surface area contributed by atoms with Crippen LogP contribution in [0.4, 0.5) is 5.82 Å². The number of aromatic nitrogens is 4. The van der Waals surface area contributed by atoms with Gasteiger partial charge in [0, 0.05) is 19.6 Å². The molecule has 8 heteroatoms. The Morgan fingerprint density at radius 1 is 1.21 bits per heavy atom. The van der Waals surface area contributed by atoms with Crippen LogP contribution in [0.15, 0.2) is 36.8 Å². The Kier molecular flexibility index (Phi) is 5.59. The van der Waals surface area contributed by atoms with Crippen LogP contribution in [0.25, 0.3) is 11.0 Å². The zero-order chi connectivity index (χ0) is 20.2. The molecule has 3 aromatic rings. The van der Waals surface area contributed by atoms with Crippen molar-refractivity contribution in [2.24, 2.45) is 5.92 Å². The normalized spacial score (nSPS) is 14.9. The van der Waals surface area contributed by atoms with E-state index in [1.54, 1.807) is 24.3 Å². The molecule has 8 nitrogen and oxygen atoms in total. The maximum Gasteiger partial charge on any atom is 0.242 e. The van der Waals surface area contributed by atoms with Gasteiger partial charge in [0.25, 0.3) is 0 Å². The fraction of sp³-hybridized carbons (Fsp3) is 0.429. The van der Waals surface area contributed by atoms with Crippen molar-refractivity contribution in [2.75, 3.05) is 25.1 Å². The van der Waals surface area contributed by atoms with Gasteiger partial charge in [-0.2, -0.15) is 5.10 Å². The van der Waals surface area contributed by atoms with Gasteiger partial charge in [0.15, 0.2) is 5.65 Å². The summed E-state index contributed by atoms with van der Waals surface area (Å²) < 4.78 is 6.79. The van der Waals surface area contributed by atoms with Crippen LogP contribution in [0, 0.1) is 5.92 Å². The highest BCUT2D eigenvalue weighted by molar-refractivity contribution is 5.87. The van der Waals surface area contributed by atoms with Gasteiger partial charge in [-0.25, -0.2) is 14.6 Å². The summed E-state index contributed by atoms with van der Waals surface area (Å²) in [6.07, 6.45) is 5.64. The molecule has 0 bridgehead atoms. The number of amides is 1. The average molecular weight is 394 g/mol. The van der Waals surface area contributed by atoms with E-state index < -0.39 is 0 Å². The first kappa shape index (κ1) is 19.2. The van der Waals surface area contributed by atoms with E-state index in [1.165, 1.54) is 0 Å². The lowest BCUT2D eigenvalue weighted by atomic mass is 9.99. The minimum atomic E-state index is -0.113. The number of hydrogen-bond acceptors (Lipinski definition) is 6. The second-order valence-electron chi connectivity index (χ2n) is 7.53. The van der Waals surface area contributed by atoms with E-state index in [0.29, 0.717) is 12.2 Å². The van der Waals surface area contributed by atoms with Crippen molar-refractivity contribution in [1.29, 1.82) is 0 Å². The number of ether oxygens (including phenoxy) is 1. The summed E-state index contributed by atoms with van der Waals surface area (Å²) in [7, 11) is 1.63. The molecule has 4 rings (SSSR count). The molecule has 1 saturated heterocycles. The molecule has 0 saturated carbocycles. The molecular formula is C21H26N6O2. The van der Waals surface area contributed by atoms with Gasteiger partial charge in [0.1, 0.15) is 24.4 Å². The van der Waals surface area contributed by atoms with Crippen LogP contribution in [0.2, 0.25) is 0 Å². The maximum absolute atomic E-state index is 12.4. The van der Waals surface area contributed by atoms with Gasteiger partial charge in [0.2, 0.25) is 5.91 Å². The van der Waals surface area contributed by atoms with E-state index in [0.717, 1.165) is 54.4 Å². The Labute approximate surface area is 169 Å².